The fourth-order valence-electron chi connectivity index (χ4n) is 3.84. The van der Waals surface area contributed by atoms with Crippen LogP contribution < -0.4 is 27.4 Å². The van der Waals surface area contributed by atoms with Gasteiger partial charge in [0.25, 0.3) is 0 Å². The zero-order valence-corrected chi connectivity index (χ0v) is 21.4. The Morgan fingerprint density at radius 3 is 1.82 bits per heavy atom. The molecule has 10 N–H and O–H groups in total. The molecule has 0 spiro atoms. The predicted molar refractivity (Wildman–Crippen MR) is 140 cm³/mol. The number of carbonyl (C=O) groups is 5. The highest BCUT2D eigenvalue weighted by atomic mass is 16.4. The minimum Gasteiger partial charge on any atom is -0.480 e. The van der Waals surface area contributed by atoms with E-state index in [-0.39, 0.29) is 19.3 Å². The van der Waals surface area contributed by atoms with Crippen LogP contribution in [0.1, 0.15) is 23.4 Å². The Balaban J connectivity index is 1.73. The van der Waals surface area contributed by atoms with Crippen LogP contribution in [0.15, 0.2) is 55.4 Å². The maximum atomic E-state index is 13.2. The van der Waals surface area contributed by atoms with Gasteiger partial charge in [0.15, 0.2) is 0 Å². The largest absolute Gasteiger partial charge is 0.480 e. The van der Waals surface area contributed by atoms with E-state index in [0.717, 1.165) is 5.56 Å². The smallest absolute Gasteiger partial charge is 0.326 e. The van der Waals surface area contributed by atoms with Crippen molar-refractivity contribution in [2.24, 2.45) is 11.5 Å². The number of carbonyl (C=O) groups excluding carboxylic acids is 4. The zero-order chi connectivity index (χ0) is 29.1. The number of carboxylic acid groups (broad SMARTS) is 1. The molecule has 0 aliphatic carbocycles. The van der Waals surface area contributed by atoms with Gasteiger partial charge in [-0.25, -0.2) is 14.8 Å². The van der Waals surface area contributed by atoms with Gasteiger partial charge in [-0.05, 0) is 12.0 Å². The Morgan fingerprint density at radius 1 is 0.775 bits per heavy atom. The molecule has 15 heteroatoms. The first-order chi connectivity index (χ1) is 19.1. The second-order valence-corrected chi connectivity index (χ2v) is 9.05. The number of amides is 4. The number of rotatable bonds is 15. The molecular weight excluding hydrogens is 522 g/mol. The Labute approximate surface area is 228 Å². The number of nitrogens with zero attached hydrogens (tertiary/aromatic N) is 2. The van der Waals surface area contributed by atoms with Gasteiger partial charge in [-0.1, -0.05) is 30.3 Å². The van der Waals surface area contributed by atoms with Crippen LogP contribution in [0.5, 0.6) is 0 Å². The van der Waals surface area contributed by atoms with Crippen molar-refractivity contribution in [3.63, 3.8) is 0 Å². The highest BCUT2D eigenvalue weighted by molar-refractivity contribution is 5.96. The molecule has 40 heavy (non-hydrogen) atoms. The van der Waals surface area contributed by atoms with E-state index in [0.29, 0.717) is 11.4 Å². The summed E-state index contributed by atoms with van der Waals surface area (Å²) in [5.41, 5.74) is 13.0. The van der Waals surface area contributed by atoms with Crippen LogP contribution in [0.4, 0.5) is 0 Å². The first-order valence-corrected chi connectivity index (χ1v) is 12.3. The van der Waals surface area contributed by atoms with Crippen LogP contribution in [0.3, 0.4) is 0 Å². The number of nitrogens with two attached hydrogens (primary N) is 2. The molecule has 2 heterocycles. The number of aliphatic carboxylic acids is 1. The van der Waals surface area contributed by atoms with Gasteiger partial charge >= 0.3 is 5.97 Å². The highest BCUT2D eigenvalue weighted by Crippen LogP contribution is 2.06. The lowest BCUT2D eigenvalue weighted by Crippen LogP contribution is -2.58. The molecule has 0 saturated carbocycles. The van der Waals surface area contributed by atoms with Gasteiger partial charge in [-0.15, -0.1) is 0 Å². The lowest BCUT2D eigenvalue weighted by molar-refractivity contribution is -0.142. The molecule has 4 amide bonds. The lowest BCUT2D eigenvalue weighted by atomic mass is 10.0. The van der Waals surface area contributed by atoms with Crippen molar-refractivity contribution in [2.45, 2.75) is 49.9 Å². The monoisotopic (exact) mass is 553 g/mol. The molecule has 3 aromatic rings. The number of primary amides is 1. The minimum atomic E-state index is -1.44. The van der Waals surface area contributed by atoms with E-state index in [1.165, 1.54) is 25.0 Å². The van der Waals surface area contributed by atoms with Crippen molar-refractivity contribution in [1.82, 2.24) is 35.9 Å². The van der Waals surface area contributed by atoms with E-state index in [9.17, 15) is 29.1 Å². The summed E-state index contributed by atoms with van der Waals surface area (Å²) < 4.78 is 0. The summed E-state index contributed by atoms with van der Waals surface area (Å²) in [5, 5.41) is 16.9. The van der Waals surface area contributed by atoms with Crippen LogP contribution in [0.2, 0.25) is 0 Å². The number of imidazole rings is 2. The summed E-state index contributed by atoms with van der Waals surface area (Å²) >= 11 is 0. The SMILES string of the molecule is NC(=O)CC(NC(=O)C(N)Cc1ccccc1)C(=O)NC(Cc1cnc[nH]1)C(=O)NC(Cc1cnc[nH]1)C(=O)O. The van der Waals surface area contributed by atoms with E-state index >= 15 is 0 Å². The van der Waals surface area contributed by atoms with E-state index < -0.39 is 60.2 Å². The van der Waals surface area contributed by atoms with Crippen molar-refractivity contribution < 1.29 is 29.1 Å². The third-order valence-corrected chi connectivity index (χ3v) is 5.88. The molecule has 0 aliphatic rings. The van der Waals surface area contributed by atoms with Crippen molar-refractivity contribution >= 4 is 29.6 Å². The van der Waals surface area contributed by atoms with Gasteiger partial charge in [0.05, 0.1) is 25.1 Å². The van der Waals surface area contributed by atoms with E-state index in [2.05, 4.69) is 35.9 Å². The second-order valence-electron chi connectivity index (χ2n) is 9.05. The molecule has 0 aliphatic heterocycles. The van der Waals surface area contributed by atoms with E-state index in [1.807, 2.05) is 6.07 Å². The van der Waals surface area contributed by atoms with Gasteiger partial charge in [0, 0.05) is 36.6 Å². The van der Waals surface area contributed by atoms with Crippen molar-refractivity contribution in [3.8, 4) is 0 Å². The normalized spacial score (nSPS) is 13.8. The van der Waals surface area contributed by atoms with Gasteiger partial charge in [0.1, 0.15) is 18.1 Å². The number of hydrogen-bond acceptors (Lipinski definition) is 8. The summed E-state index contributed by atoms with van der Waals surface area (Å²) in [6.45, 7) is 0. The average molecular weight is 554 g/mol. The second kappa shape index (κ2) is 14.2. The Hall–Kier alpha value is -5.05. The summed E-state index contributed by atoms with van der Waals surface area (Å²) in [4.78, 5) is 75.9. The Kier molecular flexibility index (Phi) is 10.5. The number of aromatic nitrogens is 4. The number of nitrogens with one attached hydrogen (secondary N) is 5. The molecule has 4 atom stereocenters. The van der Waals surface area contributed by atoms with Crippen LogP contribution in [-0.4, -0.2) is 78.8 Å². The molecule has 0 bridgehead atoms. The molecule has 1 aromatic carbocycles. The van der Waals surface area contributed by atoms with Crippen LogP contribution >= 0.6 is 0 Å². The molecular formula is C25H31N9O6. The molecule has 3 rings (SSSR count). The van der Waals surface area contributed by atoms with E-state index in [1.54, 1.807) is 24.3 Å². The maximum Gasteiger partial charge on any atom is 0.326 e. The topological polar surface area (TPSA) is 251 Å². The van der Waals surface area contributed by atoms with Gasteiger partial charge in [0.2, 0.25) is 23.6 Å². The summed E-state index contributed by atoms with van der Waals surface area (Å²) in [6, 6.07) is 3.85. The average Bonchev–Trinajstić information content (AvgIpc) is 3.62. The molecule has 212 valence electrons. The quantitative estimate of drug-likeness (QED) is 0.102. The maximum absolute atomic E-state index is 13.2. The summed E-state index contributed by atoms with van der Waals surface area (Å²) in [7, 11) is 0. The van der Waals surface area contributed by atoms with Crippen molar-refractivity contribution in [1.29, 1.82) is 0 Å². The predicted octanol–water partition coefficient (Wildman–Crippen LogP) is -2.10. The van der Waals surface area contributed by atoms with Gasteiger partial charge < -0.3 is 42.5 Å². The first-order valence-electron chi connectivity index (χ1n) is 12.3. The summed E-state index contributed by atoms with van der Waals surface area (Å²) in [6.07, 6.45) is 5.01. The summed E-state index contributed by atoms with van der Waals surface area (Å²) in [5.74, 6) is -4.60. The van der Waals surface area contributed by atoms with Crippen LogP contribution in [0, 0.1) is 0 Å². The molecule has 2 aromatic heterocycles. The number of H-pyrrole nitrogens is 2. The van der Waals surface area contributed by atoms with Crippen LogP contribution in [-0.2, 0) is 43.2 Å². The molecule has 0 radical (unpaired) electrons. The van der Waals surface area contributed by atoms with E-state index in [4.69, 9.17) is 11.5 Å². The minimum absolute atomic E-state index is 0.0918. The standard InChI is InChI=1S/C25H31N9O6/c26-17(6-14-4-2-1-3-5-14)22(36)32-19(9-21(27)35)24(38)33-18(7-15-10-28-12-30-15)23(37)34-20(25(39)40)8-16-11-29-13-31-16/h1-5,10-13,17-20H,6-9,26H2,(H2,27,35)(H,28,30)(H,29,31)(H,32,36)(H,33,38)(H,34,37)(H,39,40). The number of hydrogen-bond donors (Lipinski definition) is 8. The number of carboxylic acids is 1. The van der Waals surface area contributed by atoms with Crippen molar-refractivity contribution in [3.05, 3.63) is 72.3 Å². The molecule has 0 fully saturated rings. The van der Waals surface area contributed by atoms with Gasteiger partial charge in [-0.3, -0.25) is 19.2 Å². The zero-order valence-electron chi connectivity index (χ0n) is 21.4. The van der Waals surface area contributed by atoms with Gasteiger partial charge in [-0.2, -0.15) is 0 Å². The highest BCUT2D eigenvalue weighted by Gasteiger charge is 2.31. The number of benzene rings is 1. The lowest BCUT2D eigenvalue weighted by Gasteiger charge is -2.24. The first kappa shape index (κ1) is 29.5. The number of aromatic amines is 2. The Morgan fingerprint density at radius 2 is 1.30 bits per heavy atom. The van der Waals surface area contributed by atoms with Crippen molar-refractivity contribution in [2.75, 3.05) is 0 Å². The fourth-order valence-corrected chi connectivity index (χ4v) is 3.84. The third kappa shape index (κ3) is 9.05. The Bertz CT molecular complexity index is 1280. The molecule has 15 nitrogen and oxygen atoms in total. The third-order valence-electron chi connectivity index (χ3n) is 5.88. The molecule has 0 saturated heterocycles. The van der Waals surface area contributed by atoms with Crippen LogP contribution in [0.25, 0.3) is 0 Å². The molecule has 4 unspecified atom stereocenters. The fraction of sp³-hybridized carbons (Fsp3) is 0.320.